The molecule has 1 fully saturated rings. The standard InChI is InChI=1S/C15H22F3N3O/c1-11(2)22-14-12(4-3-6-19-14)8-20-13-5-7-21(9-13)10-15(16,17)18/h3-4,6,11,13,20H,5,7-10H2,1-2H3. The van der Waals surface area contributed by atoms with E-state index >= 15 is 0 Å². The van der Waals surface area contributed by atoms with E-state index in [4.69, 9.17) is 4.74 Å². The third-order valence-electron chi connectivity index (χ3n) is 3.45. The van der Waals surface area contributed by atoms with Crippen LogP contribution in [0.3, 0.4) is 0 Å². The summed E-state index contributed by atoms with van der Waals surface area (Å²) in [6, 6.07) is 3.81. The molecule has 0 amide bonds. The molecule has 22 heavy (non-hydrogen) atoms. The van der Waals surface area contributed by atoms with Crippen LogP contribution >= 0.6 is 0 Å². The third-order valence-corrected chi connectivity index (χ3v) is 3.45. The van der Waals surface area contributed by atoms with Gasteiger partial charge in [-0.1, -0.05) is 6.07 Å². The quantitative estimate of drug-likeness (QED) is 0.875. The van der Waals surface area contributed by atoms with Gasteiger partial charge in [-0.2, -0.15) is 13.2 Å². The van der Waals surface area contributed by atoms with Gasteiger partial charge in [-0.3, -0.25) is 4.90 Å². The van der Waals surface area contributed by atoms with Gasteiger partial charge >= 0.3 is 6.18 Å². The van der Waals surface area contributed by atoms with E-state index in [-0.39, 0.29) is 12.1 Å². The van der Waals surface area contributed by atoms with Crippen molar-refractivity contribution in [1.82, 2.24) is 15.2 Å². The number of alkyl halides is 3. The number of halogens is 3. The molecule has 0 spiro atoms. The highest BCUT2D eigenvalue weighted by molar-refractivity contribution is 5.25. The van der Waals surface area contributed by atoms with Crippen LogP contribution in [-0.2, 0) is 6.54 Å². The molecule has 1 N–H and O–H groups in total. The summed E-state index contributed by atoms with van der Waals surface area (Å²) in [5.41, 5.74) is 0.922. The Hall–Kier alpha value is -1.34. The summed E-state index contributed by atoms with van der Waals surface area (Å²) in [5, 5.41) is 3.30. The lowest BCUT2D eigenvalue weighted by Gasteiger charge is -2.19. The van der Waals surface area contributed by atoms with Gasteiger partial charge < -0.3 is 10.1 Å². The van der Waals surface area contributed by atoms with E-state index in [0.29, 0.717) is 25.5 Å². The largest absolute Gasteiger partial charge is 0.475 e. The highest BCUT2D eigenvalue weighted by Crippen LogP contribution is 2.21. The van der Waals surface area contributed by atoms with E-state index in [2.05, 4.69) is 10.3 Å². The van der Waals surface area contributed by atoms with Crippen molar-refractivity contribution in [1.29, 1.82) is 0 Å². The van der Waals surface area contributed by atoms with Crippen LogP contribution < -0.4 is 10.1 Å². The number of nitrogens with one attached hydrogen (secondary N) is 1. The number of aromatic nitrogens is 1. The fraction of sp³-hybridized carbons (Fsp3) is 0.667. The van der Waals surface area contributed by atoms with Gasteiger partial charge in [0.2, 0.25) is 5.88 Å². The zero-order chi connectivity index (χ0) is 16.2. The third kappa shape index (κ3) is 5.46. The Kier molecular flexibility index (Phi) is 5.63. The van der Waals surface area contributed by atoms with Gasteiger partial charge in [0, 0.05) is 37.4 Å². The van der Waals surface area contributed by atoms with E-state index in [0.717, 1.165) is 12.0 Å². The Morgan fingerprint density at radius 2 is 2.23 bits per heavy atom. The van der Waals surface area contributed by atoms with Crippen LogP contribution in [0.4, 0.5) is 13.2 Å². The molecule has 4 nitrogen and oxygen atoms in total. The van der Waals surface area contributed by atoms with Gasteiger partial charge in [0.1, 0.15) is 0 Å². The maximum absolute atomic E-state index is 12.4. The summed E-state index contributed by atoms with van der Waals surface area (Å²) in [6.07, 6.45) is -1.71. The minimum absolute atomic E-state index is 0.0300. The van der Waals surface area contributed by atoms with Crippen molar-refractivity contribution in [2.45, 2.75) is 45.1 Å². The van der Waals surface area contributed by atoms with Crippen LogP contribution in [0, 0.1) is 0 Å². The van der Waals surface area contributed by atoms with Crippen molar-refractivity contribution in [3.05, 3.63) is 23.9 Å². The lowest BCUT2D eigenvalue weighted by molar-refractivity contribution is -0.143. The second-order valence-corrected chi connectivity index (χ2v) is 5.85. The molecule has 1 unspecified atom stereocenters. The van der Waals surface area contributed by atoms with E-state index in [1.807, 2.05) is 26.0 Å². The highest BCUT2D eigenvalue weighted by Gasteiger charge is 2.34. The van der Waals surface area contributed by atoms with Crippen molar-refractivity contribution >= 4 is 0 Å². The second-order valence-electron chi connectivity index (χ2n) is 5.85. The van der Waals surface area contributed by atoms with E-state index < -0.39 is 12.7 Å². The fourth-order valence-corrected chi connectivity index (χ4v) is 2.54. The lowest BCUT2D eigenvalue weighted by Crippen LogP contribution is -2.36. The SMILES string of the molecule is CC(C)Oc1ncccc1CNC1CCN(CC(F)(F)F)C1. The summed E-state index contributed by atoms with van der Waals surface area (Å²) in [5.74, 6) is 0.579. The molecular weight excluding hydrogens is 295 g/mol. The average molecular weight is 317 g/mol. The van der Waals surface area contributed by atoms with Crippen LogP contribution in [0.15, 0.2) is 18.3 Å². The first-order valence-corrected chi connectivity index (χ1v) is 7.46. The van der Waals surface area contributed by atoms with Crippen molar-refractivity contribution in [3.63, 3.8) is 0 Å². The minimum atomic E-state index is -4.13. The van der Waals surface area contributed by atoms with Crippen LogP contribution in [0.1, 0.15) is 25.8 Å². The van der Waals surface area contributed by atoms with Gasteiger partial charge in [-0.05, 0) is 26.3 Å². The van der Waals surface area contributed by atoms with E-state index in [9.17, 15) is 13.2 Å². The van der Waals surface area contributed by atoms with Crippen LogP contribution in [-0.4, -0.2) is 47.8 Å². The summed E-state index contributed by atoms with van der Waals surface area (Å²) < 4.78 is 42.8. The van der Waals surface area contributed by atoms with Crippen molar-refractivity contribution in [2.75, 3.05) is 19.6 Å². The molecule has 1 aliphatic heterocycles. The van der Waals surface area contributed by atoms with Crippen LogP contribution in [0.5, 0.6) is 5.88 Å². The summed E-state index contributed by atoms with van der Waals surface area (Å²) >= 11 is 0. The number of hydrogen-bond donors (Lipinski definition) is 1. The number of hydrogen-bond acceptors (Lipinski definition) is 4. The van der Waals surface area contributed by atoms with Crippen molar-refractivity contribution in [3.8, 4) is 5.88 Å². The van der Waals surface area contributed by atoms with Gasteiger partial charge in [-0.25, -0.2) is 4.98 Å². The minimum Gasteiger partial charge on any atom is -0.475 e. The zero-order valence-corrected chi connectivity index (χ0v) is 12.9. The maximum Gasteiger partial charge on any atom is 0.401 e. The Balaban J connectivity index is 1.84. The van der Waals surface area contributed by atoms with E-state index in [1.165, 1.54) is 4.90 Å². The number of likely N-dealkylation sites (tertiary alicyclic amines) is 1. The average Bonchev–Trinajstić information content (AvgIpc) is 2.82. The Bertz CT molecular complexity index is 479. The van der Waals surface area contributed by atoms with Gasteiger partial charge in [-0.15, -0.1) is 0 Å². The van der Waals surface area contributed by atoms with Gasteiger partial charge in [0.25, 0.3) is 0 Å². The van der Waals surface area contributed by atoms with Crippen molar-refractivity contribution < 1.29 is 17.9 Å². The molecule has 1 saturated heterocycles. The molecular formula is C15H22F3N3O. The molecule has 124 valence electrons. The molecule has 2 rings (SSSR count). The van der Waals surface area contributed by atoms with Gasteiger partial charge in [0.05, 0.1) is 12.6 Å². The normalized spacial score (nSPS) is 19.8. The molecule has 1 atom stereocenters. The number of pyridine rings is 1. The summed E-state index contributed by atoms with van der Waals surface area (Å²) in [4.78, 5) is 5.64. The van der Waals surface area contributed by atoms with Gasteiger partial charge in [0.15, 0.2) is 0 Å². The molecule has 1 aromatic rings. The second kappa shape index (κ2) is 7.28. The molecule has 0 aromatic carbocycles. The number of rotatable bonds is 6. The first kappa shape index (κ1) is 17.0. The Morgan fingerprint density at radius 1 is 1.45 bits per heavy atom. The smallest absolute Gasteiger partial charge is 0.401 e. The molecule has 1 aliphatic rings. The fourth-order valence-electron chi connectivity index (χ4n) is 2.54. The van der Waals surface area contributed by atoms with Crippen molar-refractivity contribution in [2.24, 2.45) is 0 Å². The zero-order valence-electron chi connectivity index (χ0n) is 12.9. The monoisotopic (exact) mass is 317 g/mol. The summed E-state index contributed by atoms with van der Waals surface area (Å²) in [6.45, 7) is 4.45. The van der Waals surface area contributed by atoms with Crippen LogP contribution in [0.2, 0.25) is 0 Å². The van der Waals surface area contributed by atoms with E-state index in [1.54, 1.807) is 6.20 Å². The molecule has 0 saturated carbocycles. The molecule has 0 bridgehead atoms. The number of ether oxygens (including phenoxy) is 1. The Morgan fingerprint density at radius 3 is 2.91 bits per heavy atom. The molecule has 0 radical (unpaired) electrons. The van der Waals surface area contributed by atoms with Crippen LogP contribution in [0.25, 0.3) is 0 Å². The molecule has 2 heterocycles. The number of nitrogens with zero attached hydrogens (tertiary/aromatic N) is 2. The first-order valence-electron chi connectivity index (χ1n) is 7.46. The predicted octanol–water partition coefficient (Wildman–Crippen LogP) is 2.60. The Labute approximate surface area is 128 Å². The molecule has 0 aliphatic carbocycles. The summed E-state index contributed by atoms with van der Waals surface area (Å²) in [7, 11) is 0. The lowest BCUT2D eigenvalue weighted by atomic mass is 10.2. The highest BCUT2D eigenvalue weighted by atomic mass is 19.4. The topological polar surface area (TPSA) is 37.4 Å². The predicted molar refractivity (Wildman–Crippen MR) is 77.7 cm³/mol. The molecule has 1 aromatic heterocycles. The molecule has 7 heteroatoms. The maximum atomic E-state index is 12.4. The first-order chi connectivity index (χ1) is 10.3.